The van der Waals surface area contributed by atoms with Gasteiger partial charge in [0.25, 0.3) is 0 Å². The molecule has 0 bridgehead atoms. The zero-order valence-corrected chi connectivity index (χ0v) is 12.9. The number of carbonyl (C=O) groups is 2. The molecule has 2 aromatic carbocycles. The molecule has 0 radical (unpaired) electrons. The fraction of sp³-hybridized carbons (Fsp3) is 0.222. The molecular formula is C18H19FN2O2. The Labute approximate surface area is 134 Å². The molecule has 1 atom stereocenters. The zero-order chi connectivity index (χ0) is 16.8. The maximum atomic E-state index is 12.8. The number of rotatable bonds is 6. The summed E-state index contributed by atoms with van der Waals surface area (Å²) in [6.45, 7) is 1.97. The maximum absolute atomic E-state index is 12.8. The largest absolute Gasteiger partial charge is 0.368 e. The number of amides is 2. The predicted octanol–water partition coefficient (Wildman–Crippen LogP) is 1.89. The second-order valence-corrected chi connectivity index (χ2v) is 5.52. The number of primary amides is 1. The Kier molecular flexibility index (Phi) is 5.46. The van der Waals surface area contributed by atoms with Crippen molar-refractivity contribution in [1.29, 1.82) is 0 Å². The summed E-state index contributed by atoms with van der Waals surface area (Å²) in [6.07, 6.45) is 0.405. The van der Waals surface area contributed by atoms with Crippen LogP contribution in [-0.2, 0) is 22.4 Å². The van der Waals surface area contributed by atoms with Gasteiger partial charge in [-0.2, -0.15) is 0 Å². The van der Waals surface area contributed by atoms with Crippen molar-refractivity contribution in [3.05, 3.63) is 71.0 Å². The molecule has 3 N–H and O–H groups in total. The van der Waals surface area contributed by atoms with Gasteiger partial charge in [-0.25, -0.2) is 4.39 Å². The van der Waals surface area contributed by atoms with Gasteiger partial charge < -0.3 is 11.1 Å². The van der Waals surface area contributed by atoms with Crippen LogP contribution in [0.3, 0.4) is 0 Å². The van der Waals surface area contributed by atoms with E-state index in [1.165, 1.54) is 24.3 Å². The number of carbonyl (C=O) groups excluding carboxylic acids is 2. The molecule has 4 nitrogen and oxygen atoms in total. The summed E-state index contributed by atoms with van der Waals surface area (Å²) in [7, 11) is 0. The summed E-state index contributed by atoms with van der Waals surface area (Å²) in [6, 6.07) is 12.6. The van der Waals surface area contributed by atoms with Gasteiger partial charge in [0.1, 0.15) is 11.9 Å². The first kappa shape index (κ1) is 16.7. The van der Waals surface area contributed by atoms with Gasteiger partial charge in [0.2, 0.25) is 11.8 Å². The first-order chi connectivity index (χ1) is 10.9. The topological polar surface area (TPSA) is 72.2 Å². The minimum atomic E-state index is -0.773. The third-order valence-electron chi connectivity index (χ3n) is 3.52. The van der Waals surface area contributed by atoms with Gasteiger partial charge in [-0.1, -0.05) is 42.0 Å². The van der Waals surface area contributed by atoms with Crippen molar-refractivity contribution in [2.45, 2.75) is 25.8 Å². The highest BCUT2D eigenvalue weighted by Crippen LogP contribution is 2.07. The second-order valence-electron chi connectivity index (χ2n) is 5.52. The summed E-state index contributed by atoms with van der Waals surface area (Å²) in [5.41, 5.74) is 8.08. The van der Waals surface area contributed by atoms with Crippen LogP contribution in [-0.4, -0.2) is 17.9 Å². The molecule has 0 aliphatic rings. The van der Waals surface area contributed by atoms with Crippen LogP contribution in [0.15, 0.2) is 48.5 Å². The number of hydrogen-bond donors (Lipinski definition) is 2. The van der Waals surface area contributed by atoms with Crippen molar-refractivity contribution in [2.24, 2.45) is 5.73 Å². The van der Waals surface area contributed by atoms with E-state index in [1.54, 1.807) is 0 Å². The molecule has 0 heterocycles. The monoisotopic (exact) mass is 314 g/mol. The molecule has 0 aliphatic carbocycles. The van der Waals surface area contributed by atoms with Crippen molar-refractivity contribution in [3.8, 4) is 0 Å². The van der Waals surface area contributed by atoms with Crippen LogP contribution in [0.4, 0.5) is 4.39 Å². The average molecular weight is 314 g/mol. The standard InChI is InChI=1S/C18H19FN2O2/c1-12-2-4-13(5-3-12)10-16(18(20)23)21-17(22)11-14-6-8-15(19)9-7-14/h2-9,16H,10-11H2,1H3,(H2,20,23)(H,21,22)/t16-/m0/s1. The molecule has 0 aromatic heterocycles. The minimum Gasteiger partial charge on any atom is -0.368 e. The fourth-order valence-electron chi connectivity index (χ4n) is 2.22. The lowest BCUT2D eigenvalue weighted by Crippen LogP contribution is -2.46. The molecule has 0 spiro atoms. The number of hydrogen-bond acceptors (Lipinski definition) is 2. The molecule has 120 valence electrons. The molecule has 5 heteroatoms. The molecule has 0 saturated carbocycles. The molecule has 0 aliphatic heterocycles. The number of nitrogens with two attached hydrogens (primary N) is 1. The molecule has 0 saturated heterocycles. The Morgan fingerprint density at radius 3 is 2.17 bits per heavy atom. The number of halogens is 1. The second kappa shape index (κ2) is 7.54. The molecule has 2 aromatic rings. The Morgan fingerprint density at radius 2 is 1.61 bits per heavy atom. The van der Waals surface area contributed by atoms with Gasteiger partial charge in [-0.05, 0) is 30.2 Å². The van der Waals surface area contributed by atoms with E-state index in [0.717, 1.165) is 11.1 Å². The van der Waals surface area contributed by atoms with Crippen LogP contribution in [0.25, 0.3) is 0 Å². The zero-order valence-electron chi connectivity index (χ0n) is 12.9. The number of aryl methyl sites for hydroxylation is 1. The highest BCUT2D eigenvalue weighted by Gasteiger charge is 2.18. The Hall–Kier alpha value is -2.69. The molecule has 23 heavy (non-hydrogen) atoms. The van der Waals surface area contributed by atoms with Gasteiger partial charge in [0.15, 0.2) is 0 Å². The van der Waals surface area contributed by atoms with Crippen molar-refractivity contribution >= 4 is 11.8 Å². The average Bonchev–Trinajstić information content (AvgIpc) is 2.51. The van der Waals surface area contributed by atoms with E-state index in [1.807, 2.05) is 31.2 Å². The SMILES string of the molecule is Cc1ccc(C[C@H](NC(=O)Cc2ccc(F)cc2)C(N)=O)cc1. The molecule has 2 amide bonds. The molecule has 0 fully saturated rings. The third kappa shape index (κ3) is 5.21. The predicted molar refractivity (Wildman–Crippen MR) is 86.1 cm³/mol. The minimum absolute atomic E-state index is 0.0674. The van der Waals surface area contributed by atoms with E-state index in [0.29, 0.717) is 12.0 Å². The van der Waals surface area contributed by atoms with Crippen LogP contribution in [0, 0.1) is 12.7 Å². The molecule has 0 unspecified atom stereocenters. The maximum Gasteiger partial charge on any atom is 0.240 e. The van der Waals surface area contributed by atoms with Crippen molar-refractivity contribution < 1.29 is 14.0 Å². The first-order valence-electron chi connectivity index (χ1n) is 7.32. The van der Waals surface area contributed by atoms with E-state index >= 15 is 0 Å². The van der Waals surface area contributed by atoms with Crippen LogP contribution < -0.4 is 11.1 Å². The lowest BCUT2D eigenvalue weighted by molar-refractivity contribution is -0.127. The lowest BCUT2D eigenvalue weighted by atomic mass is 10.0. The van der Waals surface area contributed by atoms with Crippen LogP contribution >= 0.6 is 0 Å². The van der Waals surface area contributed by atoms with E-state index < -0.39 is 11.9 Å². The van der Waals surface area contributed by atoms with E-state index in [-0.39, 0.29) is 18.1 Å². The van der Waals surface area contributed by atoms with Crippen molar-refractivity contribution in [2.75, 3.05) is 0 Å². The van der Waals surface area contributed by atoms with Crippen LogP contribution in [0.2, 0.25) is 0 Å². The number of nitrogens with one attached hydrogen (secondary N) is 1. The quantitative estimate of drug-likeness (QED) is 0.854. The van der Waals surface area contributed by atoms with E-state index in [4.69, 9.17) is 5.73 Å². The highest BCUT2D eigenvalue weighted by molar-refractivity contribution is 5.87. The smallest absolute Gasteiger partial charge is 0.240 e. The van der Waals surface area contributed by atoms with Crippen molar-refractivity contribution in [3.63, 3.8) is 0 Å². The Morgan fingerprint density at radius 1 is 1.04 bits per heavy atom. The van der Waals surface area contributed by atoms with Crippen LogP contribution in [0.1, 0.15) is 16.7 Å². The third-order valence-corrected chi connectivity index (χ3v) is 3.52. The summed E-state index contributed by atoms with van der Waals surface area (Å²) in [4.78, 5) is 23.6. The lowest BCUT2D eigenvalue weighted by Gasteiger charge is -2.16. The van der Waals surface area contributed by atoms with Gasteiger partial charge in [-0.15, -0.1) is 0 Å². The van der Waals surface area contributed by atoms with E-state index in [2.05, 4.69) is 5.32 Å². The molecule has 2 rings (SSSR count). The fourth-order valence-corrected chi connectivity index (χ4v) is 2.22. The van der Waals surface area contributed by atoms with Gasteiger partial charge in [-0.3, -0.25) is 9.59 Å². The first-order valence-corrected chi connectivity index (χ1v) is 7.32. The highest BCUT2D eigenvalue weighted by atomic mass is 19.1. The number of benzene rings is 2. The molecular weight excluding hydrogens is 295 g/mol. The summed E-state index contributed by atoms with van der Waals surface area (Å²) < 4.78 is 12.8. The summed E-state index contributed by atoms with van der Waals surface area (Å²) in [5.74, 6) is -1.27. The van der Waals surface area contributed by atoms with Crippen LogP contribution in [0.5, 0.6) is 0 Å². The normalized spacial score (nSPS) is 11.7. The van der Waals surface area contributed by atoms with Gasteiger partial charge >= 0.3 is 0 Å². The summed E-state index contributed by atoms with van der Waals surface area (Å²) >= 11 is 0. The summed E-state index contributed by atoms with van der Waals surface area (Å²) in [5, 5.41) is 2.64. The van der Waals surface area contributed by atoms with E-state index in [9.17, 15) is 14.0 Å². The van der Waals surface area contributed by atoms with Crippen molar-refractivity contribution in [1.82, 2.24) is 5.32 Å². The van der Waals surface area contributed by atoms with Gasteiger partial charge in [0, 0.05) is 6.42 Å². The van der Waals surface area contributed by atoms with Gasteiger partial charge in [0.05, 0.1) is 6.42 Å². The Balaban J connectivity index is 1.98. The Bertz CT molecular complexity index is 681.